The molecule has 6 aromatic rings. The van der Waals surface area contributed by atoms with Gasteiger partial charge >= 0.3 is 0 Å². The fraction of sp³-hybridized carbons (Fsp3) is 0.205. The molecule has 6 nitrogen and oxygen atoms in total. The molecule has 0 radical (unpaired) electrons. The van der Waals surface area contributed by atoms with Crippen LogP contribution in [0.4, 0.5) is 0 Å². The van der Waals surface area contributed by atoms with Gasteiger partial charge < -0.3 is 9.13 Å². The molecule has 0 atom stereocenters. The predicted octanol–water partition coefficient (Wildman–Crippen LogP) is 9.75. The molecule has 0 saturated heterocycles. The number of halogens is 2. The van der Waals surface area contributed by atoms with Gasteiger partial charge in [-0.15, -0.1) is 0 Å². The van der Waals surface area contributed by atoms with E-state index in [2.05, 4.69) is 13.8 Å². The molecule has 238 valence electrons. The molecule has 0 fully saturated rings. The highest BCUT2D eigenvalue weighted by Crippen LogP contribution is 2.23. The van der Waals surface area contributed by atoms with Crippen molar-refractivity contribution in [2.75, 3.05) is 0 Å². The van der Waals surface area contributed by atoms with Crippen LogP contribution in [0.15, 0.2) is 94.5 Å². The molecule has 0 aliphatic heterocycles. The molecule has 0 spiro atoms. The van der Waals surface area contributed by atoms with Crippen LogP contribution in [0.3, 0.4) is 0 Å². The Bertz CT molecular complexity index is 2240. The molecular formula is C39H36Cl2N4O2. The van der Waals surface area contributed by atoms with E-state index in [1.807, 2.05) is 123 Å². The van der Waals surface area contributed by atoms with E-state index in [0.717, 1.165) is 58.9 Å². The maximum Gasteiger partial charge on any atom is 0.258 e. The standard InChI is InChI=1S/C39H36Cl2N4O2/c1-3-5-20-43-36-24-31(40)16-12-27(36)22-29(38(43)46)14-18-33-26-35(45(42-33)34-10-8-7-9-11-34)19-15-30-23-28-13-17-32(41)25-37(28)44(39(30)47)21-6-4-2/h7-19,22-26H,3-6,20-21H2,1-2H3/b18-14+,19-15+. The maximum absolute atomic E-state index is 13.7. The van der Waals surface area contributed by atoms with Crippen molar-refractivity contribution < 1.29 is 0 Å². The molecule has 3 aromatic carbocycles. The molecule has 6 rings (SSSR count). The second kappa shape index (κ2) is 14.4. The smallest absolute Gasteiger partial charge is 0.258 e. The molecule has 3 aromatic heterocycles. The van der Waals surface area contributed by atoms with Crippen molar-refractivity contribution in [3.05, 3.63) is 138 Å². The highest BCUT2D eigenvalue weighted by molar-refractivity contribution is 6.31. The van der Waals surface area contributed by atoms with Crippen LogP contribution in [0.1, 0.15) is 62.0 Å². The summed E-state index contributed by atoms with van der Waals surface area (Å²) in [5.74, 6) is 0. The van der Waals surface area contributed by atoms with Gasteiger partial charge in [0.05, 0.1) is 28.1 Å². The Balaban J connectivity index is 1.41. The molecule has 0 unspecified atom stereocenters. The fourth-order valence-electron chi connectivity index (χ4n) is 5.79. The van der Waals surface area contributed by atoms with E-state index in [9.17, 15) is 9.59 Å². The monoisotopic (exact) mass is 662 g/mol. The lowest BCUT2D eigenvalue weighted by Crippen LogP contribution is -2.22. The number of unbranched alkanes of at least 4 members (excludes halogenated alkanes) is 2. The van der Waals surface area contributed by atoms with Crippen LogP contribution in [0.5, 0.6) is 0 Å². The zero-order valence-corrected chi connectivity index (χ0v) is 28.0. The Morgan fingerprint density at radius 3 is 1.70 bits per heavy atom. The van der Waals surface area contributed by atoms with Crippen LogP contribution < -0.4 is 11.1 Å². The Kier molecular flexibility index (Phi) is 9.90. The molecule has 0 saturated carbocycles. The Morgan fingerprint density at radius 2 is 1.17 bits per heavy atom. The van der Waals surface area contributed by atoms with Gasteiger partial charge in [0.1, 0.15) is 0 Å². The molecule has 0 bridgehead atoms. The largest absolute Gasteiger partial charge is 0.308 e. The third-order valence-electron chi connectivity index (χ3n) is 8.27. The van der Waals surface area contributed by atoms with E-state index in [1.54, 1.807) is 0 Å². The topological polar surface area (TPSA) is 61.8 Å². The minimum absolute atomic E-state index is 0.0627. The summed E-state index contributed by atoms with van der Waals surface area (Å²) >= 11 is 12.6. The van der Waals surface area contributed by atoms with Gasteiger partial charge in [0.25, 0.3) is 11.1 Å². The number of pyridine rings is 2. The zero-order chi connectivity index (χ0) is 32.9. The number of aryl methyl sites for hydroxylation is 2. The average molecular weight is 664 g/mol. The van der Waals surface area contributed by atoms with E-state index in [0.29, 0.717) is 40.0 Å². The van der Waals surface area contributed by atoms with E-state index >= 15 is 0 Å². The first kappa shape index (κ1) is 32.3. The second-order valence-corrected chi connectivity index (χ2v) is 12.5. The van der Waals surface area contributed by atoms with Crippen molar-refractivity contribution in [3.8, 4) is 5.69 Å². The molecule has 3 heterocycles. The van der Waals surface area contributed by atoms with E-state index in [1.165, 1.54) is 0 Å². The molecular weight excluding hydrogens is 627 g/mol. The third-order valence-corrected chi connectivity index (χ3v) is 8.74. The highest BCUT2D eigenvalue weighted by Gasteiger charge is 2.12. The summed E-state index contributed by atoms with van der Waals surface area (Å²) < 4.78 is 5.47. The summed E-state index contributed by atoms with van der Waals surface area (Å²) in [6, 6.07) is 26.9. The van der Waals surface area contributed by atoms with Gasteiger partial charge in [-0.3, -0.25) is 9.59 Å². The van der Waals surface area contributed by atoms with Gasteiger partial charge in [-0.05, 0) is 103 Å². The number of para-hydroxylation sites is 1. The number of benzene rings is 3. The molecule has 0 aliphatic carbocycles. The van der Waals surface area contributed by atoms with Gasteiger partial charge in [0.2, 0.25) is 0 Å². The van der Waals surface area contributed by atoms with Gasteiger partial charge in [-0.2, -0.15) is 5.10 Å². The van der Waals surface area contributed by atoms with Crippen molar-refractivity contribution in [1.82, 2.24) is 18.9 Å². The van der Waals surface area contributed by atoms with Crippen molar-refractivity contribution in [2.45, 2.75) is 52.6 Å². The summed E-state index contributed by atoms with van der Waals surface area (Å²) in [6.45, 7) is 5.45. The van der Waals surface area contributed by atoms with Gasteiger partial charge in [-0.1, -0.05) is 80.2 Å². The lowest BCUT2D eigenvalue weighted by molar-refractivity contribution is 0.631. The Labute approximate surface area is 283 Å². The van der Waals surface area contributed by atoms with Crippen LogP contribution in [-0.2, 0) is 13.1 Å². The number of fused-ring (bicyclic) bond motifs is 2. The number of rotatable bonds is 11. The van der Waals surface area contributed by atoms with Gasteiger partial charge in [-0.25, -0.2) is 4.68 Å². The fourth-order valence-corrected chi connectivity index (χ4v) is 6.12. The average Bonchev–Trinajstić information content (AvgIpc) is 3.49. The quantitative estimate of drug-likeness (QED) is 0.139. The van der Waals surface area contributed by atoms with Crippen LogP contribution >= 0.6 is 23.2 Å². The first-order valence-corrected chi connectivity index (χ1v) is 16.8. The first-order valence-electron chi connectivity index (χ1n) is 16.0. The van der Waals surface area contributed by atoms with Gasteiger partial charge in [0, 0.05) is 34.3 Å². The molecule has 0 aliphatic rings. The Morgan fingerprint density at radius 1 is 0.638 bits per heavy atom. The molecule has 0 amide bonds. The van der Waals surface area contributed by atoms with Crippen molar-refractivity contribution >= 4 is 69.3 Å². The van der Waals surface area contributed by atoms with Crippen molar-refractivity contribution in [1.29, 1.82) is 0 Å². The van der Waals surface area contributed by atoms with Crippen molar-refractivity contribution in [2.24, 2.45) is 0 Å². The minimum Gasteiger partial charge on any atom is -0.308 e. The second-order valence-electron chi connectivity index (χ2n) is 11.6. The van der Waals surface area contributed by atoms with Crippen LogP contribution in [0.2, 0.25) is 10.0 Å². The van der Waals surface area contributed by atoms with Crippen LogP contribution in [-0.4, -0.2) is 18.9 Å². The summed E-state index contributed by atoms with van der Waals surface area (Å²) in [5.41, 5.74) is 5.04. The maximum atomic E-state index is 13.7. The number of hydrogen-bond acceptors (Lipinski definition) is 3. The SMILES string of the molecule is CCCCn1c(=O)c(/C=C/c2cc(/C=C/c3cc4ccc(Cl)cc4n(CCCC)c3=O)n(-c3ccccc3)n2)cc2ccc(Cl)cc21. The van der Waals surface area contributed by atoms with Crippen molar-refractivity contribution in [3.63, 3.8) is 0 Å². The van der Waals surface area contributed by atoms with E-state index < -0.39 is 0 Å². The molecule has 8 heteroatoms. The lowest BCUT2D eigenvalue weighted by atomic mass is 10.1. The molecule has 0 N–H and O–H groups in total. The number of nitrogens with zero attached hydrogens (tertiary/aromatic N) is 4. The van der Waals surface area contributed by atoms with E-state index in [4.69, 9.17) is 28.3 Å². The number of aromatic nitrogens is 4. The van der Waals surface area contributed by atoms with E-state index in [-0.39, 0.29) is 11.1 Å². The third kappa shape index (κ3) is 7.04. The summed E-state index contributed by atoms with van der Waals surface area (Å²) in [6.07, 6.45) is 11.2. The highest BCUT2D eigenvalue weighted by atomic mass is 35.5. The predicted molar refractivity (Wildman–Crippen MR) is 198 cm³/mol. The summed E-state index contributed by atoms with van der Waals surface area (Å²) in [7, 11) is 0. The molecule has 47 heavy (non-hydrogen) atoms. The van der Waals surface area contributed by atoms with Gasteiger partial charge in [0.15, 0.2) is 0 Å². The number of hydrogen-bond donors (Lipinski definition) is 0. The first-order chi connectivity index (χ1) is 22.9. The van der Waals surface area contributed by atoms with Crippen LogP contribution in [0, 0.1) is 0 Å². The lowest BCUT2D eigenvalue weighted by Gasteiger charge is -2.12. The zero-order valence-electron chi connectivity index (χ0n) is 26.5. The minimum atomic E-state index is -0.0657. The summed E-state index contributed by atoms with van der Waals surface area (Å²) in [5, 5.41) is 7.98. The normalized spacial score (nSPS) is 11.9. The van der Waals surface area contributed by atoms with Crippen LogP contribution in [0.25, 0.3) is 51.8 Å². The summed E-state index contributed by atoms with van der Waals surface area (Å²) in [4.78, 5) is 27.3. The Hall–Kier alpha value is -4.65.